The topological polar surface area (TPSA) is 83.5 Å². The van der Waals surface area contributed by atoms with Crippen LogP contribution < -0.4 is 5.32 Å². The number of rotatable bonds is 3. The molecule has 18 heavy (non-hydrogen) atoms. The molecule has 0 aromatic heterocycles. The van der Waals surface area contributed by atoms with Gasteiger partial charge in [-0.3, -0.25) is 4.79 Å². The summed E-state index contributed by atoms with van der Waals surface area (Å²) in [6.45, 7) is 1.24. The molecule has 0 aliphatic heterocycles. The number of aromatic hydroxyl groups is 1. The standard InChI is InChI=1S/C10H11Cl2NO4S/c1-5(18(2,16)17)10(15)13-8-4-6(11)3-7(12)9(8)14/h3-5,14H,1-2H3,(H,13,15). The highest BCUT2D eigenvalue weighted by Gasteiger charge is 2.24. The fourth-order valence-electron chi connectivity index (χ4n) is 1.09. The van der Waals surface area contributed by atoms with Gasteiger partial charge in [-0.05, 0) is 19.1 Å². The van der Waals surface area contributed by atoms with Crippen LogP contribution in [-0.4, -0.2) is 30.9 Å². The number of carbonyl (C=O) groups is 1. The third-order valence-corrected chi connectivity index (χ3v) is 4.30. The number of hydrogen-bond donors (Lipinski definition) is 2. The zero-order valence-electron chi connectivity index (χ0n) is 9.57. The van der Waals surface area contributed by atoms with Gasteiger partial charge in [0, 0.05) is 11.3 Å². The average Bonchev–Trinajstić information content (AvgIpc) is 2.22. The first-order valence-electron chi connectivity index (χ1n) is 4.80. The molecule has 2 N–H and O–H groups in total. The predicted octanol–water partition coefficient (Wildman–Crippen LogP) is 2.07. The van der Waals surface area contributed by atoms with Gasteiger partial charge >= 0.3 is 0 Å². The van der Waals surface area contributed by atoms with Gasteiger partial charge in [0.25, 0.3) is 0 Å². The van der Waals surface area contributed by atoms with E-state index in [1.165, 1.54) is 19.1 Å². The number of phenolic OH excluding ortho intramolecular Hbond substituents is 1. The SMILES string of the molecule is CC(C(=O)Nc1cc(Cl)cc(Cl)c1O)S(C)(=O)=O. The maximum Gasteiger partial charge on any atom is 0.242 e. The van der Waals surface area contributed by atoms with Crippen molar-refractivity contribution < 1.29 is 18.3 Å². The van der Waals surface area contributed by atoms with Gasteiger partial charge in [-0.1, -0.05) is 23.2 Å². The minimum Gasteiger partial charge on any atom is -0.504 e. The number of anilines is 1. The van der Waals surface area contributed by atoms with E-state index in [4.69, 9.17) is 23.2 Å². The van der Waals surface area contributed by atoms with Crippen molar-refractivity contribution in [3.63, 3.8) is 0 Å². The summed E-state index contributed by atoms with van der Waals surface area (Å²) in [6.07, 6.45) is 0.946. The Bertz CT molecular complexity index is 586. The van der Waals surface area contributed by atoms with Crippen molar-refractivity contribution in [1.29, 1.82) is 0 Å². The maximum atomic E-state index is 11.6. The van der Waals surface area contributed by atoms with Crippen LogP contribution in [0, 0.1) is 0 Å². The molecule has 1 amide bonds. The summed E-state index contributed by atoms with van der Waals surface area (Å²) < 4.78 is 22.4. The molecule has 1 atom stereocenters. The van der Waals surface area contributed by atoms with Gasteiger partial charge in [0.05, 0.1) is 10.7 Å². The van der Waals surface area contributed by atoms with Gasteiger partial charge in [0.15, 0.2) is 15.6 Å². The second-order valence-corrected chi connectivity index (χ2v) is 6.95. The Kier molecular flexibility index (Phi) is 4.47. The van der Waals surface area contributed by atoms with Gasteiger partial charge in [0.1, 0.15) is 5.25 Å². The van der Waals surface area contributed by atoms with Crippen LogP contribution in [0.4, 0.5) is 5.69 Å². The van der Waals surface area contributed by atoms with E-state index in [1.54, 1.807) is 0 Å². The summed E-state index contributed by atoms with van der Waals surface area (Å²) in [5.74, 6) is -1.14. The number of sulfone groups is 1. The molecule has 5 nitrogen and oxygen atoms in total. The summed E-state index contributed by atoms with van der Waals surface area (Å²) in [6, 6.07) is 2.57. The van der Waals surface area contributed by atoms with Crippen LogP contribution in [0.15, 0.2) is 12.1 Å². The average molecular weight is 312 g/mol. The molecule has 100 valence electrons. The van der Waals surface area contributed by atoms with Crippen LogP contribution in [0.2, 0.25) is 10.0 Å². The van der Waals surface area contributed by atoms with E-state index in [0.717, 1.165) is 6.26 Å². The van der Waals surface area contributed by atoms with E-state index in [2.05, 4.69) is 5.32 Å². The Labute approximate surface area is 115 Å². The third-order valence-electron chi connectivity index (χ3n) is 2.30. The number of hydrogen-bond acceptors (Lipinski definition) is 4. The quantitative estimate of drug-likeness (QED) is 0.837. The maximum absolute atomic E-state index is 11.6. The molecule has 0 fully saturated rings. The molecule has 0 heterocycles. The lowest BCUT2D eigenvalue weighted by atomic mass is 10.3. The van der Waals surface area contributed by atoms with E-state index >= 15 is 0 Å². The summed E-state index contributed by atoms with van der Waals surface area (Å²) in [5, 5.41) is 10.8. The van der Waals surface area contributed by atoms with Crippen molar-refractivity contribution >= 4 is 44.6 Å². The molecule has 0 aliphatic carbocycles. The summed E-state index contributed by atoms with van der Waals surface area (Å²) in [4.78, 5) is 11.6. The van der Waals surface area contributed by atoms with Crippen molar-refractivity contribution in [2.24, 2.45) is 0 Å². The molecular weight excluding hydrogens is 301 g/mol. The van der Waals surface area contributed by atoms with Crippen LogP contribution in [0.25, 0.3) is 0 Å². The highest BCUT2D eigenvalue weighted by Crippen LogP contribution is 2.35. The molecule has 0 aliphatic rings. The molecule has 1 aromatic carbocycles. The van der Waals surface area contributed by atoms with E-state index in [-0.39, 0.29) is 21.5 Å². The molecule has 1 aromatic rings. The molecule has 8 heteroatoms. The van der Waals surface area contributed by atoms with Crippen LogP contribution in [-0.2, 0) is 14.6 Å². The summed E-state index contributed by atoms with van der Waals surface area (Å²) in [5.41, 5.74) is -0.0343. The van der Waals surface area contributed by atoms with E-state index in [0.29, 0.717) is 0 Å². The van der Waals surface area contributed by atoms with Crippen LogP contribution >= 0.6 is 23.2 Å². The number of halogens is 2. The zero-order valence-corrected chi connectivity index (χ0v) is 11.9. The third kappa shape index (κ3) is 3.51. The lowest BCUT2D eigenvalue weighted by Gasteiger charge is -2.12. The van der Waals surface area contributed by atoms with Crippen LogP contribution in [0.5, 0.6) is 5.75 Å². The fraction of sp³-hybridized carbons (Fsp3) is 0.300. The molecule has 0 spiro atoms. The first-order valence-corrected chi connectivity index (χ1v) is 7.51. The monoisotopic (exact) mass is 311 g/mol. The fourth-order valence-corrected chi connectivity index (χ4v) is 2.03. The first-order chi connectivity index (χ1) is 8.12. The normalized spacial score (nSPS) is 13.1. The molecule has 1 unspecified atom stereocenters. The summed E-state index contributed by atoms with van der Waals surface area (Å²) >= 11 is 11.4. The highest BCUT2D eigenvalue weighted by atomic mass is 35.5. The lowest BCUT2D eigenvalue weighted by Crippen LogP contribution is -2.31. The van der Waals surface area contributed by atoms with Crippen LogP contribution in [0.3, 0.4) is 0 Å². The molecule has 0 saturated carbocycles. The van der Waals surface area contributed by atoms with Gasteiger partial charge in [0.2, 0.25) is 5.91 Å². The molecule has 0 bridgehead atoms. The summed E-state index contributed by atoms with van der Waals surface area (Å²) in [7, 11) is -3.51. The Hall–Kier alpha value is -0.980. The van der Waals surface area contributed by atoms with Crippen molar-refractivity contribution in [1.82, 2.24) is 0 Å². The first kappa shape index (κ1) is 15.1. The lowest BCUT2D eigenvalue weighted by molar-refractivity contribution is -0.115. The van der Waals surface area contributed by atoms with E-state index < -0.39 is 21.0 Å². The van der Waals surface area contributed by atoms with Crippen molar-refractivity contribution in [3.8, 4) is 5.75 Å². The minimum absolute atomic E-state index is 0.0343. The van der Waals surface area contributed by atoms with Crippen molar-refractivity contribution in [2.75, 3.05) is 11.6 Å². The van der Waals surface area contributed by atoms with Crippen molar-refractivity contribution in [3.05, 3.63) is 22.2 Å². The van der Waals surface area contributed by atoms with E-state index in [9.17, 15) is 18.3 Å². The van der Waals surface area contributed by atoms with Gasteiger partial charge in [-0.2, -0.15) is 0 Å². The smallest absolute Gasteiger partial charge is 0.242 e. The van der Waals surface area contributed by atoms with Gasteiger partial charge in [-0.15, -0.1) is 0 Å². The minimum atomic E-state index is -3.51. The number of benzene rings is 1. The van der Waals surface area contributed by atoms with Crippen molar-refractivity contribution in [2.45, 2.75) is 12.2 Å². The number of nitrogens with one attached hydrogen (secondary N) is 1. The Morgan fingerprint density at radius 3 is 2.44 bits per heavy atom. The molecule has 1 rings (SSSR count). The second-order valence-electron chi connectivity index (χ2n) is 3.74. The molecule has 0 saturated heterocycles. The highest BCUT2D eigenvalue weighted by molar-refractivity contribution is 7.92. The molecule has 0 radical (unpaired) electrons. The number of phenols is 1. The van der Waals surface area contributed by atoms with E-state index in [1.807, 2.05) is 0 Å². The van der Waals surface area contributed by atoms with Gasteiger partial charge in [-0.25, -0.2) is 8.42 Å². The Morgan fingerprint density at radius 1 is 1.39 bits per heavy atom. The molecular formula is C10H11Cl2NO4S. The number of carbonyl (C=O) groups excluding carboxylic acids is 1. The zero-order chi connectivity index (χ0) is 14.1. The Balaban J connectivity index is 3.03. The Morgan fingerprint density at radius 2 is 1.94 bits per heavy atom. The van der Waals surface area contributed by atoms with Crippen LogP contribution in [0.1, 0.15) is 6.92 Å². The van der Waals surface area contributed by atoms with Gasteiger partial charge < -0.3 is 10.4 Å². The predicted molar refractivity (Wildman–Crippen MR) is 71.1 cm³/mol. The number of amides is 1. The largest absolute Gasteiger partial charge is 0.504 e. The second kappa shape index (κ2) is 5.34.